The van der Waals surface area contributed by atoms with Crippen LogP contribution >= 0.6 is 34.9 Å². The van der Waals surface area contributed by atoms with Crippen molar-refractivity contribution in [2.75, 3.05) is 24.0 Å². The third kappa shape index (κ3) is 3.64. The fourth-order valence-corrected chi connectivity index (χ4v) is 4.75. The largest absolute Gasteiger partial charge is 0.477 e. The molecule has 3 rings (SSSR count). The summed E-state index contributed by atoms with van der Waals surface area (Å²) in [5, 5.41) is 15.3. The Morgan fingerprint density at radius 3 is 2.86 bits per heavy atom. The number of nitrogens with zero attached hydrogens (tertiary/aromatic N) is 4. The molecule has 1 fully saturated rings. The van der Waals surface area contributed by atoms with E-state index >= 15 is 0 Å². The van der Waals surface area contributed by atoms with Crippen LogP contribution in [0.15, 0.2) is 16.4 Å². The normalized spacial score (nSPS) is 21.9. The van der Waals surface area contributed by atoms with Gasteiger partial charge in [-0.25, -0.2) is 4.79 Å². The van der Waals surface area contributed by atoms with Gasteiger partial charge in [-0.15, -0.1) is 23.4 Å². The van der Waals surface area contributed by atoms with E-state index in [-0.39, 0.29) is 34.9 Å². The molecule has 0 aliphatic carbocycles. The maximum atomic E-state index is 12.7. The number of carbonyl (C=O) groups excluding carboxylic acids is 2. The van der Waals surface area contributed by atoms with Gasteiger partial charge >= 0.3 is 5.97 Å². The quantitative estimate of drug-likeness (QED) is 0.223. The van der Waals surface area contributed by atoms with Gasteiger partial charge in [0.05, 0.1) is 0 Å². The summed E-state index contributed by atoms with van der Waals surface area (Å²) in [6, 6.07) is -0.925. The van der Waals surface area contributed by atoms with Crippen molar-refractivity contribution in [3.05, 3.63) is 17.1 Å². The fourth-order valence-electron chi connectivity index (χ4n) is 2.64. The van der Waals surface area contributed by atoms with Gasteiger partial charge in [0, 0.05) is 23.2 Å². The lowest BCUT2D eigenvalue weighted by Gasteiger charge is -2.49. The Balaban J connectivity index is 1.79. The van der Waals surface area contributed by atoms with Crippen LogP contribution in [-0.4, -0.2) is 72.5 Å². The predicted octanol–water partition coefficient (Wildman–Crippen LogP) is -0.162. The molecule has 0 spiro atoms. The minimum atomic E-state index is -1.24. The second kappa shape index (κ2) is 8.32. The molecular weight excluding hydrogens is 432 g/mol. The van der Waals surface area contributed by atoms with Gasteiger partial charge < -0.3 is 21.0 Å². The summed E-state index contributed by atoms with van der Waals surface area (Å²) in [4.78, 5) is 46.7. The number of thioether (sulfide) groups is 1. The van der Waals surface area contributed by atoms with E-state index in [0.717, 1.165) is 16.4 Å². The molecule has 14 heteroatoms. The maximum absolute atomic E-state index is 12.7. The number of anilines is 1. The molecule has 3 heterocycles. The Morgan fingerprint density at radius 1 is 1.54 bits per heavy atom. The molecule has 1 aromatic heterocycles. The van der Waals surface area contributed by atoms with Crippen molar-refractivity contribution in [2.24, 2.45) is 5.16 Å². The van der Waals surface area contributed by atoms with E-state index in [2.05, 4.69) is 19.8 Å². The summed E-state index contributed by atoms with van der Waals surface area (Å²) in [5.41, 5.74) is 5.64. The first-order valence-electron chi connectivity index (χ1n) is 7.95. The number of alkyl halides is 1. The SMILES string of the molecule is CCO/N=C(\C(=O)N[C@@H]1C(=O)N2C(C(=O)O)=C(CCl)CS[C@H]12)c1nsc(N)n1. The zero-order chi connectivity index (χ0) is 20.4. The average Bonchev–Trinajstić information content (AvgIpc) is 3.10. The van der Waals surface area contributed by atoms with Crippen LogP contribution in [0.2, 0.25) is 0 Å². The number of aromatic nitrogens is 2. The first-order valence-corrected chi connectivity index (χ1v) is 10.3. The van der Waals surface area contributed by atoms with Crippen molar-refractivity contribution >= 4 is 63.5 Å². The number of halogens is 1. The van der Waals surface area contributed by atoms with E-state index in [1.54, 1.807) is 6.92 Å². The molecule has 0 bridgehead atoms. The summed E-state index contributed by atoms with van der Waals surface area (Å²) < 4.78 is 3.93. The van der Waals surface area contributed by atoms with Crippen molar-refractivity contribution in [3.8, 4) is 0 Å². The van der Waals surface area contributed by atoms with Crippen LogP contribution in [0.4, 0.5) is 5.13 Å². The Morgan fingerprint density at radius 2 is 2.29 bits per heavy atom. The van der Waals surface area contributed by atoms with E-state index in [1.165, 1.54) is 11.8 Å². The van der Waals surface area contributed by atoms with Crippen LogP contribution in [-0.2, 0) is 19.2 Å². The lowest BCUT2D eigenvalue weighted by Crippen LogP contribution is -2.71. The maximum Gasteiger partial charge on any atom is 0.352 e. The van der Waals surface area contributed by atoms with Gasteiger partial charge in [0.2, 0.25) is 11.5 Å². The fraction of sp³-hybridized carbons (Fsp3) is 0.429. The highest BCUT2D eigenvalue weighted by molar-refractivity contribution is 8.00. The molecule has 2 atom stereocenters. The zero-order valence-electron chi connectivity index (χ0n) is 14.4. The topological polar surface area (TPSA) is 160 Å². The van der Waals surface area contributed by atoms with Crippen LogP contribution in [0.5, 0.6) is 0 Å². The Bertz CT molecular complexity index is 887. The minimum absolute atomic E-state index is 0.00421. The number of oxime groups is 1. The third-order valence-electron chi connectivity index (χ3n) is 3.85. The first-order chi connectivity index (χ1) is 13.4. The Kier molecular flexibility index (Phi) is 6.05. The van der Waals surface area contributed by atoms with Gasteiger partial charge in [0.25, 0.3) is 11.8 Å². The monoisotopic (exact) mass is 446 g/mol. The summed E-state index contributed by atoms with van der Waals surface area (Å²) in [6.45, 7) is 1.89. The van der Waals surface area contributed by atoms with Gasteiger partial charge in [0.15, 0.2) is 5.13 Å². The highest BCUT2D eigenvalue weighted by Gasteiger charge is 2.54. The van der Waals surface area contributed by atoms with Crippen molar-refractivity contribution < 1.29 is 24.3 Å². The van der Waals surface area contributed by atoms with Gasteiger partial charge in [0.1, 0.15) is 23.7 Å². The first kappa shape index (κ1) is 20.4. The number of hydrogen-bond acceptors (Lipinski definition) is 10. The standard InChI is InChI=1S/C14H15ClN6O5S2/c1-2-26-19-6(9-18-14(16)28-20-9)10(22)17-7-11(23)21-8(13(24)25)5(3-15)4-27-12(7)21/h7,12H,2-4H2,1H3,(H,17,22)(H,24,25)(H2,16,18,20)/b19-6-/t7-,12-/m1/s1. The van der Waals surface area contributed by atoms with E-state index in [1.807, 2.05) is 0 Å². The molecule has 0 saturated carbocycles. The number of β-lactam (4-membered cyclic amide) rings is 1. The molecular formula is C14H15ClN6O5S2. The van der Waals surface area contributed by atoms with Gasteiger partial charge in [-0.3, -0.25) is 14.5 Å². The summed E-state index contributed by atoms with van der Waals surface area (Å²) in [5.74, 6) is -2.19. The van der Waals surface area contributed by atoms with E-state index in [4.69, 9.17) is 22.2 Å². The van der Waals surface area contributed by atoms with Gasteiger partial charge in [-0.05, 0) is 12.5 Å². The Labute approximate surface area is 172 Å². The molecule has 2 aliphatic heterocycles. The lowest BCUT2D eigenvalue weighted by molar-refractivity contribution is -0.150. The number of aliphatic carboxylic acids is 1. The summed E-state index contributed by atoms with van der Waals surface area (Å²) in [6.07, 6.45) is 0. The number of nitrogens with one attached hydrogen (secondary N) is 1. The number of carbonyl (C=O) groups is 3. The van der Waals surface area contributed by atoms with Crippen molar-refractivity contribution in [1.82, 2.24) is 19.6 Å². The van der Waals surface area contributed by atoms with Gasteiger partial charge in [-0.2, -0.15) is 9.36 Å². The number of carboxylic acid groups (broad SMARTS) is 1. The van der Waals surface area contributed by atoms with E-state index in [0.29, 0.717) is 11.3 Å². The van der Waals surface area contributed by atoms with E-state index in [9.17, 15) is 19.5 Å². The second-order valence-corrected chi connectivity index (χ2v) is 7.72. The van der Waals surface area contributed by atoms with Crippen LogP contribution in [0.25, 0.3) is 0 Å². The minimum Gasteiger partial charge on any atom is -0.477 e. The number of nitrogens with two attached hydrogens (primary N) is 1. The zero-order valence-corrected chi connectivity index (χ0v) is 16.8. The van der Waals surface area contributed by atoms with Crippen LogP contribution < -0.4 is 11.1 Å². The number of nitrogen functional groups attached to an aromatic ring is 1. The van der Waals surface area contributed by atoms with Crippen molar-refractivity contribution in [1.29, 1.82) is 0 Å². The molecule has 2 aliphatic rings. The number of amides is 2. The lowest BCUT2D eigenvalue weighted by atomic mass is 10.0. The smallest absolute Gasteiger partial charge is 0.352 e. The molecule has 0 radical (unpaired) electrons. The molecule has 28 heavy (non-hydrogen) atoms. The predicted molar refractivity (Wildman–Crippen MR) is 103 cm³/mol. The van der Waals surface area contributed by atoms with E-state index < -0.39 is 29.2 Å². The molecule has 0 aromatic carbocycles. The molecule has 2 amide bonds. The highest BCUT2D eigenvalue weighted by atomic mass is 35.5. The summed E-state index contributed by atoms with van der Waals surface area (Å²) in [7, 11) is 0. The van der Waals surface area contributed by atoms with Crippen molar-refractivity contribution in [3.63, 3.8) is 0 Å². The van der Waals surface area contributed by atoms with Crippen LogP contribution in [0.3, 0.4) is 0 Å². The van der Waals surface area contributed by atoms with Crippen LogP contribution in [0, 0.1) is 0 Å². The highest BCUT2D eigenvalue weighted by Crippen LogP contribution is 2.40. The molecule has 0 unspecified atom stereocenters. The van der Waals surface area contributed by atoms with Gasteiger partial charge in [-0.1, -0.05) is 5.16 Å². The van der Waals surface area contributed by atoms with Crippen LogP contribution in [0.1, 0.15) is 12.7 Å². The van der Waals surface area contributed by atoms with Crippen molar-refractivity contribution in [2.45, 2.75) is 18.3 Å². The molecule has 4 N–H and O–H groups in total. The summed E-state index contributed by atoms with van der Waals surface area (Å²) >= 11 is 7.99. The average molecular weight is 447 g/mol. The number of carboxylic acids is 1. The Hall–Kier alpha value is -2.38. The number of fused-ring (bicyclic) bond motifs is 1. The molecule has 1 saturated heterocycles. The molecule has 11 nitrogen and oxygen atoms in total. The second-order valence-electron chi connectivity index (χ2n) is 5.57. The molecule has 150 valence electrons. The molecule has 1 aromatic rings. The third-order valence-corrected chi connectivity index (χ3v) is 6.06. The number of hydrogen-bond donors (Lipinski definition) is 3. The number of rotatable bonds is 7.